The molecule has 5 heterocycles. The number of amides is 1. The number of aromatic nitrogens is 4. The first-order valence-corrected chi connectivity index (χ1v) is 13.3. The second-order valence-electron chi connectivity index (χ2n) is 9.26. The van der Waals surface area contributed by atoms with Crippen molar-refractivity contribution in [2.75, 3.05) is 24.5 Å². The molecule has 0 radical (unpaired) electrons. The van der Waals surface area contributed by atoms with Gasteiger partial charge in [-0.15, -0.1) is 0 Å². The van der Waals surface area contributed by atoms with Crippen LogP contribution in [0.25, 0.3) is 0 Å². The second kappa shape index (κ2) is 9.12. The van der Waals surface area contributed by atoms with E-state index in [0.29, 0.717) is 30.9 Å². The zero-order chi connectivity index (χ0) is 24.7. The fourth-order valence-corrected chi connectivity index (χ4v) is 6.66. The average Bonchev–Trinajstić information content (AvgIpc) is 3.57. The molecule has 3 aromatic heterocycles. The minimum atomic E-state index is -3.77. The van der Waals surface area contributed by atoms with Crippen molar-refractivity contribution in [3.63, 3.8) is 0 Å². The highest BCUT2D eigenvalue weighted by Gasteiger charge is 2.33. The highest BCUT2D eigenvalue weighted by molar-refractivity contribution is 7.89. The van der Waals surface area contributed by atoms with Gasteiger partial charge in [0.05, 0.1) is 5.69 Å². The van der Waals surface area contributed by atoms with Gasteiger partial charge in [0.2, 0.25) is 10.0 Å². The van der Waals surface area contributed by atoms with Gasteiger partial charge in [0.15, 0.2) is 0 Å². The topological polar surface area (TPSA) is 105 Å². The smallest absolute Gasteiger partial charge is 0.268 e. The number of fused-ring (bicyclic) bond motifs is 1. The molecule has 11 heteroatoms. The molecule has 35 heavy (non-hydrogen) atoms. The Morgan fingerprint density at radius 3 is 2.71 bits per heavy atom. The number of sulfonamides is 1. The Kier molecular flexibility index (Phi) is 6.14. The number of carbonyl (C=O) groups is 1. The molecule has 5 rings (SSSR count). The molecule has 1 amide bonds. The van der Waals surface area contributed by atoms with E-state index in [1.807, 2.05) is 25.4 Å². The number of nitrogens with zero attached hydrogens (tertiary/aromatic N) is 6. The van der Waals surface area contributed by atoms with Crippen molar-refractivity contribution in [1.29, 1.82) is 0 Å². The molecule has 0 spiro atoms. The Hall–Kier alpha value is -3.18. The molecule has 10 nitrogen and oxygen atoms in total. The summed E-state index contributed by atoms with van der Waals surface area (Å²) in [5, 5.41) is 7.37. The van der Waals surface area contributed by atoms with Gasteiger partial charge < -0.3 is 14.8 Å². The summed E-state index contributed by atoms with van der Waals surface area (Å²) in [5.41, 5.74) is 3.65. The highest BCUT2D eigenvalue weighted by Crippen LogP contribution is 2.28. The first-order chi connectivity index (χ1) is 16.8. The predicted octanol–water partition coefficient (Wildman–Crippen LogP) is 1.74. The lowest BCUT2D eigenvalue weighted by Crippen LogP contribution is -2.35. The Balaban J connectivity index is 1.34. The standard InChI is InChI=1S/C24H31N7O3S/c1-17-22(35(33,34)31-12-8-20-19(16-31)15-28(2)27-20)13-21(29(17)3)24(32)26-14-18-7-6-9-25-23(18)30-10-4-5-11-30/h6-7,9,13,15H,4-5,8,10-12,14,16H2,1-3H3,(H,26,32). The highest BCUT2D eigenvalue weighted by atomic mass is 32.2. The van der Waals surface area contributed by atoms with Gasteiger partial charge in [0, 0.05) is 82.5 Å². The van der Waals surface area contributed by atoms with Crippen LogP contribution in [0.2, 0.25) is 0 Å². The first-order valence-electron chi connectivity index (χ1n) is 11.9. The van der Waals surface area contributed by atoms with Crippen molar-refractivity contribution < 1.29 is 13.2 Å². The summed E-state index contributed by atoms with van der Waals surface area (Å²) in [4.78, 5) is 20.1. The molecule has 0 atom stereocenters. The van der Waals surface area contributed by atoms with Crippen LogP contribution in [0.1, 0.15) is 45.8 Å². The summed E-state index contributed by atoms with van der Waals surface area (Å²) in [6.45, 7) is 4.63. The molecule has 1 fully saturated rings. The van der Waals surface area contributed by atoms with Crippen LogP contribution in [-0.2, 0) is 43.6 Å². The maximum atomic E-state index is 13.5. The molecule has 1 saturated heterocycles. The van der Waals surface area contributed by atoms with Crippen LogP contribution in [-0.4, -0.2) is 57.6 Å². The minimum Gasteiger partial charge on any atom is -0.356 e. The van der Waals surface area contributed by atoms with Crippen molar-refractivity contribution in [3.05, 3.63) is 58.8 Å². The lowest BCUT2D eigenvalue weighted by Gasteiger charge is -2.25. The maximum absolute atomic E-state index is 13.5. The molecular formula is C24H31N7O3S. The molecule has 186 valence electrons. The van der Waals surface area contributed by atoms with Crippen molar-refractivity contribution in [2.45, 2.75) is 44.2 Å². The molecule has 2 aliphatic heterocycles. The van der Waals surface area contributed by atoms with Crippen LogP contribution in [0.15, 0.2) is 35.5 Å². The summed E-state index contributed by atoms with van der Waals surface area (Å²) >= 11 is 0. The molecule has 0 saturated carbocycles. The van der Waals surface area contributed by atoms with Crippen LogP contribution in [0.3, 0.4) is 0 Å². The summed E-state index contributed by atoms with van der Waals surface area (Å²) in [6.07, 6.45) is 6.48. The molecule has 2 aliphatic rings. The second-order valence-corrected chi connectivity index (χ2v) is 11.2. The summed E-state index contributed by atoms with van der Waals surface area (Å²) in [7, 11) is -0.210. The van der Waals surface area contributed by atoms with Gasteiger partial charge in [-0.05, 0) is 31.9 Å². The van der Waals surface area contributed by atoms with Crippen molar-refractivity contribution in [1.82, 2.24) is 29.0 Å². The van der Waals surface area contributed by atoms with E-state index in [1.165, 1.54) is 10.4 Å². The van der Waals surface area contributed by atoms with Gasteiger partial charge in [-0.25, -0.2) is 13.4 Å². The van der Waals surface area contributed by atoms with Gasteiger partial charge in [0.1, 0.15) is 16.4 Å². The number of aryl methyl sites for hydroxylation is 1. The van der Waals surface area contributed by atoms with E-state index in [1.54, 1.807) is 29.4 Å². The maximum Gasteiger partial charge on any atom is 0.268 e. The van der Waals surface area contributed by atoms with Crippen LogP contribution < -0.4 is 10.2 Å². The predicted molar refractivity (Wildman–Crippen MR) is 132 cm³/mol. The molecule has 1 N–H and O–H groups in total. The van der Waals surface area contributed by atoms with Gasteiger partial charge in [-0.1, -0.05) is 6.07 Å². The zero-order valence-electron chi connectivity index (χ0n) is 20.4. The van der Waals surface area contributed by atoms with Gasteiger partial charge in [-0.2, -0.15) is 9.40 Å². The number of anilines is 1. The van der Waals surface area contributed by atoms with E-state index in [0.717, 1.165) is 48.6 Å². The SMILES string of the molecule is Cc1c(S(=O)(=O)N2CCc3nn(C)cc3C2)cc(C(=O)NCc2cccnc2N2CCCC2)n1C. The normalized spacial score (nSPS) is 16.5. The van der Waals surface area contributed by atoms with Crippen LogP contribution >= 0.6 is 0 Å². The Morgan fingerprint density at radius 1 is 1.17 bits per heavy atom. The largest absolute Gasteiger partial charge is 0.356 e. The Bertz CT molecular complexity index is 1370. The zero-order valence-corrected chi connectivity index (χ0v) is 21.2. The van der Waals surface area contributed by atoms with E-state index >= 15 is 0 Å². The monoisotopic (exact) mass is 497 g/mol. The van der Waals surface area contributed by atoms with Crippen molar-refractivity contribution in [2.24, 2.45) is 14.1 Å². The fourth-order valence-electron chi connectivity index (χ4n) is 4.97. The third-order valence-corrected chi connectivity index (χ3v) is 8.95. The number of pyridine rings is 1. The lowest BCUT2D eigenvalue weighted by molar-refractivity contribution is 0.0942. The number of nitrogens with one attached hydrogen (secondary N) is 1. The van der Waals surface area contributed by atoms with E-state index < -0.39 is 10.0 Å². The van der Waals surface area contributed by atoms with E-state index in [-0.39, 0.29) is 17.3 Å². The Morgan fingerprint density at radius 2 is 1.94 bits per heavy atom. The van der Waals surface area contributed by atoms with Crippen LogP contribution in [0.5, 0.6) is 0 Å². The van der Waals surface area contributed by atoms with Gasteiger partial charge in [0.25, 0.3) is 5.91 Å². The quantitative estimate of drug-likeness (QED) is 0.556. The first kappa shape index (κ1) is 23.6. The fraction of sp³-hybridized carbons (Fsp3) is 0.458. The summed E-state index contributed by atoms with van der Waals surface area (Å²) in [5.74, 6) is 0.581. The molecule has 0 aliphatic carbocycles. The summed E-state index contributed by atoms with van der Waals surface area (Å²) < 4.78 is 31.9. The summed E-state index contributed by atoms with van der Waals surface area (Å²) in [6, 6.07) is 5.32. The van der Waals surface area contributed by atoms with Gasteiger partial charge in [-0.3, -0.25) is 9.48 Å². The van der Waals surface area contributed by atoms with Crippen LogP contribution in [0.4, 0.5) is 5.82 Å². The van der Waals surface area contributed by atoms with Crippen molar-refractivity contribution >= 4 is 21.7 Å². The van der Waals surface area contributed by atoms with E-state index in [2.05, 4.69) is 20.3 Å². The number of hydrogen-bond acceptors (Lipinski definition) is 6. The number of rotatable bonds is 6. The average molecular weight is 498 g/mol. The van der Waals surface area contributed by atoms with Crippen molar-refractivity contribution in [3.8, 4) is 0 Å². The van der Waals surface area contributed by atoms with E-state index in [4.69, 9.17) is 0 Å². The third kappa shape index (κ3) is 4.34. The van der Waals surface area contributed by atoms with E-state index in [9.17, 15) is 13.2 Å². The van der Waals surface area contributed by atoms with Gasteiger partial charge >= 0.3 is 0 Å². The molecule has 0 bridgehead atoms. The number of carbonyl (C=O) groups excluding carboxylic acids is 1. The molecular weight excluding hydrogens is 466 g/mol. The lowest BCUT2D eigenvalue weighted by atomic mass is 10.1. The molecule has 0 unspecified atom stereocenters. The third-order valence-electron chi connectivity index (χ3n) is 6.99. The number of hydrogen-bond donors (Lipinski definition) is 1. The molecule has 3 aromatic rings. The minimum absolute atomic E-state index is 0.164. The Labute approximate surface area is 205 Å². The van der Waals surface area contributed by atoms with Crippen LogP contribution in [0, 0.1) is 6.92 Å². The molecule has 0 aromatic carbocycles.